The summed E-state index contributed by atoms with van der Waals surface area (Å²) in [4.78, 5) is 16.4. The Kier molecular flexibility index (Phi) is 5.23. The first-order valence-corrected chi connectivity index (χ1v) is 9.92. The van der Waals surface area contributed by atoms with Gasteiger partial charge in [-0.3, -0.25) is 9.69 Å². The molecule has 1 aliphatic heterocycles. The molecule has 1 aliphatic rings. The van der Waals surface area contributed by atoms with Crippen LogP contribution in [0.15, 0.2) is 66.0 Å². The molecule has 2 heterocycles. The number of ether oxygens (including phenoxy) is 1. The zero-order valence-electron chi connectivity index (χ0n) is 15.2. The van der Waals surface area contributed by atoms with Crippen LogP contribution in [0.25, 0.3) is 0 Å². The SMILES string of the molecule is COc1cccc(NC(=O)CN2CCc3sccc3[C@H]2c2ccccc2)c1. The van der Waals surface area contributed by atoms with Gasteiger partial charge in [0.05, 0.1) is 19.7 Å². The number of carbonyl (C=O) groups excluding carboxylic acids is 1. The van der Waals surface area contributed by atoms with Gasteiger partial charge in [-0.1, -0.05) is 36.4 Å². The molecule has 0 radical (unpaired) electrons. The molecule has 1 aromatic heterocycles. The van der Waals surface area contributed by atoms with E-state index in [4.69, 9.17) is 4.74 Å². The molecule has 5 heteroatoms. The third-order valence-electron chi connectivity index (χ3n) is 4.88. The molecule has 1 N–H and O–H groups in total. The first kappa shape index (κ1) is 17.8. The van der Waals surface area contributed by atoms with E-state index in [1.165, 1.54) is 16.0 Å². The molecule has 138 valence electrons. The predicted molar refractivity (Wildman–Crippen MR) is 110 cm³/mol. The van der Waals surface area contributed by atoms with Gasteiger partial charge in [-0.05, 0) is 41.1 Å². The van der Waals surface area contributed by atoms with Crippen LogP contribution >= 0.6 is 11.3 Å². The number of carbonyl (C=O) groups is 1. The highest BCUT2D eigenvalue weighted by atomic mass is 32.1. The first-order chi connectivity index (χ1) is 13.2. The van der Waals surface area contributed by atoms with Crippen LogP contribution < -0.4 is 10.1 Å². The quantitative estimate of drug-likeness (QED) is 0.718. The fraction of sp³-hybridized carbons (Fsp3) is 0.227. The van der Waals surface area contributed by atoms with Crippen LogP contribution in [0.3, 0.4) is 0 Å². The fourth-order valence-electron chi connectivity index (χ4n) is 3.65. The Bertz CT molecular complexity index is 923. The van der Waals surface area contributed by atoms with E-state index in [1.54, 1.807) is 7.11 Å². The molecule has 3 aromatic rings. The summed E-state index contributed by atoms with van der Waals surface area (Å²) in [5.41, 5.74) is 3.31. The Balaban J connectivity index is 1.54. The lowest BCUT2D eigenvalue weighted by Crippen LogP contribution is -2.40. The summed E-state index contributed by atoms with van der Waals surface area (Å²) in [5, 5.41) is 5.15. The van der Waals surface area contributed by atoms with E-state index >= 15 is 0 Å². The van der Waals surface area contributed by atoms with Gasteiger partial charge >= 0.3 is 0 Å². The van der Waals surface area contributed by atoms with Gasteiger partial charge in [-0.15, -0.1) is 11.3 Å². The third kappa shape index (κ3) is 3.89. The maximum absolute atomic E-state index is 12.7. The van der Waals surface area contributed by atoms with Crippen LogP contribution in [0, 0.1) is 0 Å². The van der Waals surface area contributed by atoms with Crippen molar-refractivity contribution >= 4 is 22.9 Å². The summed E-state index contributed by atoms with van der Waals surface area (Å²) in [6.45, 7) is 1.23. The second-order valence-corrected chi connectivity index (χ2v) is 7.61. The maximum atomic E-state index is 12.7. The van der Waals surface area contributed by atoms with Crippen LogP contribution in [-0.2, 0) is 11.2 Å². The van der Waals surface area contributed by atoms with Crippen molar-refractivity contribution in [3.63, 3.8) is 0 Å². The molecule has 1 atom stereocenters. The Hall–Kier alpha value is -2.63. The summed E-state index contributed by atoms with van der Waals surface area (Å²) in [6, 6.07) is 20.2. The van der Waals surface area contributed by atoms with Gasteiger partial charge in [0.25, 0.3) is 0 Å². The Labute approximate surface area is 163 Å². The molecule has 27 heavy (non-hydrogen) atoms. The molecule has 0 fully saturated rings. The molecule has 4 nitrogen and oxygen atoms in total. The minimum Gasteiger partial charge on any atom is -0.497 e. The summed E-state index contributed by atoms with van der Waals surface area (Å²) in [7, 11) is 1.62. The van der Waals surface area contributed by atoms with E-state index in [0.717, 1.165) is 24.4 Å². The van der Waals surface area contributed by atoms with E-state index in [2.05, 4.69) is 45.9 Å². The van der Waals surface area contributed by atoms with Crippen molar-refractivity contribution in [2.24, 2.45) is 0 Å². The topological polar surface area (TPSA) is 41.6 Å². The van der Waals surface area contributed by atoms with E-state index < -0.39 is 0 Å². The number of hydrogen-bond donors (Lipinski definition) is 1. The van der Waals surface area contributed by atoms with E-state index in [0.29, 0.717) is 6.54 Å². The van der Waals surface area contributed by atoms with Crippen LogP contribution in [0.5, 0.6) is 5.75 Å². The average molecular weight is 378 g/mol. The molecule has 2 aromatic carbocycles. The number of rotatable bonds is 5. The number of thiophene rings is 1. The highest BCUT2D eigenvalue weighted by Crippen LogP contribution is 2.37. The average Bonchev–Trinajstić information content (AvgIpc) is 3.17. The summed E-state index contributed by atoms with van der Waals surface area (Å²) in [6.07, 6.45) is 0.989. The van der Waals surface area contributed by atoms with Gasteiger partial charge in [0, 0.05) is 23.2 Å². The predicted octanol–water partition coefficient (Wildman–Crippen LogP) is 4.34. The Morgan fingerprint density at radius 1 is 1.19 bits per heavy atom. The zero-order valence-corrected chi connectivity index (χ0v) is 16.0. The zero-order chi connectivity index (χ0) is 18.6. The van der Waals surface area contributed by atoms with Crippen molar-refractivity contribution in [2.45, 2.75) is 12.5 Å². The molecular formula is C22H22N2O2S. The highest BCUT2D eigenvalue weighted by molar-refractivity contribution is 7.10. The fourth-order valence-corrected chi connectivity index (χ4v) is 4.55. The molecular weight excluding hydrogens is 356 g/mol. The second-order valence-electron chi connectivity index (χ2n) is 6.61. The van der Waals surface area contributed by atoms with E-state index in [-0.39, 0.29) is 11.9 Å². The molecule has 0 unspecified atom stereocenters. The van der Waals surface area contributed by atoms with Gasteiger partial charge in [0.15, 0.2) is 0 Å². The van der Waals surface area contributed by atoms with Crippen molar-refractivity contribution in [2.75, 3.05) is 25.5 Å². The molecule has 0 aliphatic carbocycles. The van der Waals surface area contributed by atoms with Crippen LogP contribution in [0.4, 0.5) is 5.69 Å². The molecule has 4 rings (SSSR count). The highest BCUT2D eigenvalue weighted by Gasteiger charge is 2.30. The maximum Gasteiger partial charge on any atom is 0.238 e. The molecule has 0 saturated carbocycles. The van der Waals surface area contributed by atoms with Crippen LogP contribution in [0.1, 0.15) is 22.0 Å². The second kappa shape index (κ2) is 7.94. The Morgan fingerprint density at radius 2 is 2.04 bits per heavy atom. The number of methoxy groups -OCH3 is 1. The largest absolute Gasteiger partial charge is 0.497 e. The summed E-state index contributed by atoms with van der Waals surface area (Å²) >= 11 is 1.81. The Morgan fingerprint density at radius 3 is 2.85 bits per heavy atom. The van der Waals surface area contributed by atoms with E-state index in [9.17, 15) is 4.79 Å². The number of anilines is 1. The number of hydrogen-bond acceptors (Lipinski definition) is 4. The van der Waals surface area contributed by atoms with Gasteiger partial charge in [-0.2, -0.15) is 0 Å². The van der Waals surface area contributed by atoms with Gasteiger partial charge in [0.1, 0.15) is 5.75 Å². The normalized spacial score (nSPS) is 16.6. The van der Waals surface area contributed by atoms with Gasteiger partial charge in [0.2, 0.25) is 5.91 Å². The standard InChI is InChI=1S/C22H22N2O2S/c1-26-18-9-5-8-17(14-18)23-21(25)15-24-12-10-20-19(11-13-27-20)22(24)16-6-3-2-4-7-16/h2-9,11,13-14,22H,10,12,15H2,1H3,(H,23,25)/t22-/m1/s1. The lowest BCUT2D eigenvalue weighted by Gasteiger charge is -2.35. The van der Waals surface area contributed by atoms with Crippen molar-refractivity contribution in [3.05, 3.63) is 82.0 Å². The van der Waals surface area contributed by atoms with Gasteiger partial charge in [-0.25, -0.2) is 0 Å². The minimum absolute atomic E-state index is 0.0112. The van der Waals surface area contributed by atoms with Crippen molar-refractivity contribution < 1.29 is 9.53 Å². The lowest BCUT2D eigenvalue weighted by molar-refractivity contribution is -0.117. The molecule has 1 amide bonds. The molecule has 0 saturated heterocycles. The molecule has 0 bridgehead atoms. The number of fused-ring (bicyclic) bond motifs is 1. The number of nitrogens with zero attached hydrogens (tertiary/aromatic N) is 1. The van der Waals surface area contributed by atoms with Crippen molar-refractivity contribution in [1.82, 2.24) is 4.90 Å². The van der Waals surface area contributed by atoms with Gasteiger partial charge < -0.3 is 10.1 Å². The minimum atomic E-state index is -0.0112. The van der Waals surface area contributed by atoms with Crippen molar-refractivity contribution in [3.8, 4) is 5.75 Å². The smallest absolute Gasteiger partial charge is 0.238 e. The number of benzene rings is 2. The van der Waals surface area contributed by atoms with Crippen LogP contribution in [0.2, 0.25) is 0 Å². The number of amides is 1. The van der Waals surface area contributed by atoms with Crippen LogP contribution in [-0.4, -0.2) is 31.0 Å². The third-order valence-corrected chi connectivity index (χ3v) is 5.88. The summed E-state index contributed by atoms with van der Waals surface area (Å²) in [5.74, 6) is 0.721. The van der Waals surface area contributed by atoms with E-state index in [1.807, 2.05) is 41.7 Å². The van der Waals surface area contributed by atoms with Crippen molar-refractivity contribution in [1.29, 1.82) is 0 Å². The first-order valence-electron chi connectivity index (χ1n) is 9.04. The summed E-state index contributed by atoms with van der Waals surface area (Å²) < 4.78 is 5.23. The molecule has 0 spiro atoms. The lowest BCUT2D eigenvalue weighted by atomic mass is 9.93. The monoisotopic (exact) mass is 378 g/mol. The number of nitrogens with one attached hydrogen (secondary N) is 1.